The zero-order valence-electron chi connectivity index (χ0n) is 16.5. The van der Waals surface area contributed by atoms with E-state index in [1.54, 1.807) is 11.3 Å². The average molecular weight is 366 g/mol. The molecule has 1 saturated heterocycles. The molecule has 1 aromatic heterocycles. The van der Waals surface area contributed by atoms with Crippen LogP contribution in [0.1, 0.15) is 50.4 Å². The number of thiazole rings is 1. The van der Waals surface area contributed by atoms with Crippen molar-refractivity contribution in [3.63, 3.8) is 0 Å². The van der Waals surface area contributed by atoms with Crippen molar-refractivity contribution >= 4 is 17.3 Å². The number of nitrogens with one attached hydrogen (secondary N) is 2. The second-order valence-corrected chi connectivity index (χ2v) is 8.79. The number of likely N-dealkylation sites (tertiary alicyclic amines) is 1. The van der Waals surface area contributed by atoms with Gasteiger partial charge in [-0.15, -0.1) is 11.3 Å². The summed E-state index contributed by atoms with van der Waals surface area (Å²) < 4.78 is 0. The summed E-state index contributed by atoms with van der Waals surface area (Å²) in [6.07, 6.45) is 4.56. The molecule has 1 atom stereocenters. The van der Waals surface area contributed by atoms with Gasteiger partial charge in [-0.25, -0.2) is 9.98 Å². The molecule has 0 amide bonds. The molecular weight excluding hydrogens is 330 g/mol. The molecule has 5 nitrogen and oxygen atoms in total. The number of guanidine groups is 1. The second kappa shape index (κ2) is 10.1. The minimum absolute atomic E-state index is 0.554. The van der Waals surface area contributed by atoms with E-state index in [1.807, 2.05) is 6.20 Å². The lowest BCUT2D eigenvalue weighted by molar-refractivity contribution is 0.110. The lowest BCUT2D eigenvalue weighted by atomic mass is 9.94. The monoisotopic (exact) mass is 365 g/mol. The van der Waals surface area contributed by atoms with Crippen LogP contribution in [0.3, 0.4) is 0 Å². The maximum atomic E-state index is 4.71. The first kappa shape index (κ1) is 20.2. The van der Waals surface area contributed by atoms with E-state index in [9.17, 15) is 0 Å². The second-order valence-electron chi connectivity index (χ2n) is 7.47. The van der Waals surface area contributed by atoms with Crippen molar-refractivity contribution in [3.8, 4) is 0 Å². The van der Waals surface area contributed by atoms with Gasteiger partial charge in [0.15, 0.2) is 5.96 Å². The number of rotatable bonds is 7. The summed E-state index contributed by atoms with van der Waals surface area (Å²) in [4.78, 5) is 13.0. The van der Waals surface area contributed by atoms with Crippen LogP contribution in [0.15, 0.2) is 11.2 Å². The Morgan fingerprint density at radius 3 is 2.64 bits per heavy atom. The number of nitrogens with zero attached hydrogens (tertiary/aromatic N) is 3. The van der Waals surface area contributed by atoms with E-state index < -0.39 is 0 Å². The van der Waals surface area contributed by atoms with Crippen molar-refractivity contribution in [2.24, 2.45) is 16.8 Å². The average Bonchev–Trinajstić information content (AvgIpc) is 2.99. The first-order chi connectivity index (χ1) is 12.0. The SMILES string of the molecule is CCNC(=NCc1ncc(C)s1)NCC(C(C)C)N1CCC(C)CC1. The van der Waals surface area contributed by atoms with Gasteiger partial charge in [-0.3, -0.25) is 4.90 Å². The number of piperidine rings is 1. The van der Waals surface area contributed by atoms with E-state index in [4.69, 9.17) is 4.99 Å². The first-order valence-electron chi connectivity index (χ1n) is 9.67. The Morgan fingerprint density at radius 2 is 2.08 bits per heavy atom. The normalized spacial score (nSPS) is 18.6. The predicted octanol–water partition coefficient (Wildman–Crippen LogP) is 3.26. The standard InChI is InChI=1S/C19H35N5S/c1-6-20-19(23-13-18-21-11-16(5)25-18)22-12-17(14(2)3)24-9-7-15(4)8-10-24/h11,14-15,17H,6-10,12-13H2,1-5H3,(H2,20,22,23). The topological polar surface area (TPSA) is 52.6 Å². The molecule has 6 heteroatoms. The van der Waals surface area contributed by atoms with Gasteiger partial charge in [0.05, 0.1) is 6.54 Å². The smallest absolute Gasteiger partial charge is 0.191 e. The molecule has 0 bridgehead atoms. The predicted molar refractivity (Wildman–Crippen MR) is 108 cm³/mol. The highest BCUT2D eigenvalue weighted by atomic mass is 32.1. The highest BCUT2D eigenvalue weighted by Gasteiger charge is 2.25. The quantitative estimate of drug-likeness (QED) is 0.575. The van der Waals surface area contributed by atoms with Crippen molar-refractivity contribution in [2.45, 2.75) is 60.0 Å². The van der Waals surface area contributed by atoms with E-state index in [-0.39, 0.29) is 0 Å². The van der Waals surface area contributed by atoms with Crippen LogP contribution in [0.4, 0.5) is 0 Å². The van der Waals surface area contributed by atoms with Crippen LogP contribution >= 0.6 is 11.3 Å². The lowest BCUT2D eigenvalue weighted by Gasteiger charge is -2.39. The minimum atomic E-state index is 0.554. The van der Waals surface area contributed by atoms with Gasteiger partial charge in [0.1, 0.15) is 5.01 Å². The largest absolute Gasteiger partial charge is 0.357 e. The third-order valence-electron chi connectivity index (χ3n) is 4.92. The Labute approximate surface area is 157 Å². The summed E-state index contributed by atoms with van der Waals surface area (Å²) in [6.45, 7) is 16.1. The Morgan fingerprint density at radius 1 is 1.36 bits per heavy atom. The molecule has 1 aliphatic heterocycles. The van der Waals surface area contributed by atoms with E-state index in [1.165, 1.54) is 30.8 Å². The Bertz CT molecular complexity index is 532. The molecular formula is C19H35N5S. The summed E-state index contributed by atoms with van der Waals surface area (Å²) in [5.41, 5.74) is 0. The molecule has 0 spiro atoms. The number of hydrogen-bond acceptors (Lipinski definition) is 4. The maximum Gasteiger partial charge on any atom is 0.191 e. The molecule has 2 rings (SSSR count). The van der Waals surface area contributed by atoms with Crippen molar-refractivity contribution in [2.75, 3.05) is 26.2 Å². The molecule has 0 saturated carbocycles. The van der Waals surface area contributed by atoms with Crippen LogP contribution in [0.5, 0.6) is 0 Å². The Kier molecular flexibility index (Phi) is 8.16. The van der Waals surface area contributed by atoms with Crippen LogP contribution in [-0.2, 0) is 6.54 Å². The van der Waals surface area contributed by atoms with Gasteiger partial charge in [-0.1, -0.05) is 20.8 Å². The minimum Gasteiger partial charge on any atom is -0.357 e. The number of aromatic nitrogens is 1. The molecule has 1 aromatic rings. The van der Waals surface area contributed by atoms with Crippen LogP contribution in [-0.4, -0.2) is 48.1 Å². The molecule has 0 aliphatic carbocycles. The number of hydrogen-bond donors (Lipinski definition) is 2. The van der Waals surface area contributed by atoms with E-state index in [0.717, 1.165) is 30.0 Å². The van der Waals surface area contributed by atoms with Gasteiger partial charge >= 0.3 is 0 Å². The van der Waals surface area contributed by atoms with Gasteiger partial charge in [0.25, 0.3) is 0 Å². The molecule has 1 aliphatic rings. The maximum absolute atomic E-state index is 4.71. The highest BCUT2D eigenvalue weighted by molar-refractivity contribution is 7.11. The molecule has 0 aromatic carbocycles. The molecule has 2 N–H and O–H groups in total. The van der Waals surface area contributed by atoms with Crippen molar-refractivity contribution in [3.05, 3.63) is 16.1 Å². The van der Waals surface area contributed by atoms with Gasteiger partial charge in [-0.2, -0.15) is 0 Å². The summed E-state index contributed by atoms with van der Waals surface area (Å²) in [7, 11) is 0. The third kappa shape index (κ3) is 6.59. The molecule has 2 heterocycles. The third-order valence-corrected chi connectivity index (χ3v) is 5.82. The molecule has 1 unspecified atom stereocenters. The van der Waals surface area contributed by atoms with Crippen molar-refractivity contribution < 1.29 is 0 Å². The summed E-state index contributed by atoms with van der Waals surface area (Å²) in [6, 6.07) is 0.554. The fourth-order valence-corrected chi connectivity index (χ4v) is 4.02. The van der Waals surface area contributed by atoms with Crippen LogP contribution in [0.25, 0.3) is 0 Å². The summed E-state index contributed by atoms with van der Waals surface area (Å²) >= 11 is 1.72. The lowest BCUT2D eigenvalue weighted by Crippen LogP contribution is -2.51. The molecule has 1 fully saturated rings. The van der Waals surface area contributed by atoms with E-state index in [2.05, 4.69) is 55.1 Å². The Balaban J connectivity index is 1.92. The van der Waals surface area contributed by atoms with Gasteiger partial charge in [0.2, 0.25) is 0 Å². The fraction of sp³-hybridized carbons (Fsp3) is 0.789. The Hall–Kier alpha value is -1.14. The van der Waals surface area contributed by atoms with Gasteiger partial charge in [-0.05, 0) is 51.6 Å². The van der Waals surface area contributed by atoms with E-state index in [0.29, 0.717) is 18.5 Å². The van der Waals surface area contributed by atoms with Crippen LogP contribution in [0, 0.1) is 18.8 Å². The number of aryl methyl sites for hydroxylation is 1. The molecule has 25 heavy (non-hydrogen) atoms. The summed E-state index contributed by atoms with van der Waals surface area (Å²) in [5, 5.41) is 7.99. The van der Waals surface area contributed by atoms with Crippen molar-refractivity contribution in [1.29, 1.82) is 0 Å². The number of aliphatic imine (C=N–C) groups is 1. The van der Waals surface area contributed by atoms with E-state index >= 15 is 0 Å². The highest BCUT2D eigenvalue weighted by Crippen LogP contribution is 2.21. The molecule has 142 valence electrons. The van der Waals surface area contributed by atoms with Gasteiger partial charge < -0.3 is 10.6 Å². The fourth-order valence-electron chi connectivity index (χ4n) is 3.31. The van der Waals surface area contributed by atoms with Crippen LogP contribution in [0.2, 0.25) is 0 Å². The zero-order chi connectivity index (χ0) is 18.2. The summed E-state index contributed by atoms with van der Waals surface area (Å²) in [5.74, 6) is 2.40. The van der Waals surface area contributed by atoms with Gasteiger partial charge in [0, 0.05) is 30.2 Å². The zero-order valence-corrected chi connectivity index (χ0v) is 17.3. The van der Waals surface area contributed by atoms with Crippen LogP contribution < -0.4 is 10.6 Å². The van der Waals surface area contributed by atoms with Crippen molar-refractivity contribution in [1.82, 2.24) is 20.5 Å². The first-order valence-corrected chi connectivity index (χ1v) is 10.5. The molecule has 0 radical (unpaired) electrons.